The van der Waals surface area contributed by atoms with E-state index in [-0.39, 0.29) is 109 Å². The number of aliphatic carboxylic acids is 2. The zero-order chi connectivity index (χ0) is 9.64. The quantitative estimate of drug-likeness (QED) is 0.462. The molecule has 3 atom stereocenters. The van der Waals surface area contributed by atoms with Gasteiger partial charge >= 0.3 is 103 Å². The van der Waals surface area contributed by atoms with Crippen LogP contribution in [0.25, 0.3) is 0 Å². The van der Waals surface area contributed by atoms with Gasteiger partial charge < -0.3 is 19.8 Å². The maximum Gasteiger partial charge on any atom is 1.00 e. The topological polar surface area (TPSA) is 80.3 Å². The van der Waals surface area contributed by atoms with Crippen LogP contribution in [0.3, 0.4) is 0 Å². The first-order valence-corrected chi connectivity index (χ1v) is 4.48. The van der Waals surface area contributed by atoms with Crippen molar-refractivity contribution in [2.75, 3.05) is 0 Å². The van der Waals surface area contributed by atoms with E-state index in [1.807, 2.05) is 0 Å². The van der Waals surface area contributed by atoms with Crippen molar-refractivity contribution in [3.05, 3.63) is 0 Å². The van der Waals surface area contributed by atoms with Gasteiger partial charge in [-0.15, -0.1) is 0 Å². The Kier molecular flexibility index (Phi) is 7.34. The summed E-state index contributed by atoms with van der Waals surface area (Å²) in [6.45, 7) is 0. The number of carbonyl (C=O) groups excluding carboxylic acids is 2. The van der Waals surface area contributed by atoms with Crippen LogP contribution in [0.15, 0.2) is 0 Å². The summed E-state index contributed by atoms with van der Waals surface area (Å²) in [6, 6.07) is 0. The van der Waals surface area contributed by atoms with Crippen molar-refractivity contribution in [1.82, 2.24) is 0 Å². The zero-order valence-electron chi connectivity index (χ0n) is 9.12. The molecule has 0 heterocycles. The molecule has 0 aromatic rings. The summed E-state index contributed by atoms with van der Waals surface area (Å²) in [4.78, 5) is 21.6. The van der Waals surface area contributed by atoms with E-state index in [2.05, 4.69) is 0 Å². The van der Waals surface area contributed by atoms with Crippen LogP contribution in [0.5, 0.6) is 0 Å². The Labute approximate surface area is 173 Å². The summed E-state index contributed by atoms with van der Waals surface area (Å²) >= 11 is 0. The summed E-state index contributed by atoms with van der Waals surface area (Å²) in [5, 5.41) is 21.6. The standard InChI is InChI=1S/C9H12O4.2K/c10-7(11)6-3-5-1-2-9(6,4-5)8(12)13;;/h5-6H,1-4H2,(H,10,11)(H,12,13);;/q;2*+1/p-2. The van der Waals surface area contributed by atoms with Gasteiger partial charge in [0.25, 0.3) is 0 Å². The Bertz CT molecular complexity index is 281. The molecular weight excluding hydrogens is 250 g/mol. The molecule has 0 N–H and O–H groups in total. The Morgan fingerprint density at radius 3 is 2.13 bits per heavy atom. The average Bonchev–Trinajstić information content (AvgIpc) is 2.60. The van der Waals surface area contributed by atoms with Gasteiger partial charge in [0.15, 0.2) is 0 Å². The van der Waals surface area contributed by atoms with Crippen molar-refractivity contribution in [2.24, 2.45) is 17.3 Å². The predicted molar refractivity (Wildman–Crippen MR) is 37.9 cm³/mol. The monoisotopic (exact) mass is 260 g/mol. The number of hydrogen-bond donors (Lipinski definition) is 0. The van der Waals surface area contributed by atoms with E-state index in [0.717, 1.165) is 6.42 Å². The zero-order valence-corrected chi connectivity index (χ0v) is 15.4. The number of fused-ring (bicyclic) bond motifs is 2. The third-order valence-electron chi connectivity index (χ3n) is 3.58. The van der Waals surface area contributed by atoms with Crippen LogP contribution in [-0.2, 0) is 9.59 Å². The molecule has 2 aliphatic rings. The van der Waals surface area contributed by atoms with E-state index in [0.29, 0.717) is 19.3 Å². The third kappa shape index (κ3) is 2.97. The fraction of sp³-hybridized carbons (Fsp3) is 0.778. The number of rotatable bonds is 2. The minimum absolute atomic E-state index is 0. The smallest absolute Gasteiger partial charge is 0.550 e. The summed E-state index contributed by atoms with van der Waals surface area (Å²) in [7, 11) is 0. The fourth-order valence-corrected chi connectivity index (χ4v) is 2.91. The first-order valence-electron chi connectivity index (χ1n) is 4.48. The molecule has 0 spiro atoms. The van der Waals surface area contributed by atoms with Crippen molar-refractivity contribution in [1.29, 1.82) is 0 Å². The van der Waals surface area contributed by atoms with Gasteiger partial charge in [-0.3, -0.25) is 0 Å². The molecule has 0 aromatic heterocycles. The van der Waals surface area contributed by atoms with Crippen molar-refractivity contribution in [2.45, 2.75) is 25.7 Å². The molecule has 2 saturated carbocycles. The summed E-state index contributed by atoms with van der Waals surface area (Å²) in [5.74, 6) is -3.01. The Balaban J connectivity index is 0.000000980. The predicted octanol–water partition coefficient (Wildman–Crippen LogP) is -7.70. The molecule has 0 aliphatic heterocycles. The Morgan fingerprint density at radius 2 is 1.80 bits per heavy atom. The fourth-order valence-electron chi connectivity index (χ4n) is 2.91. The van der Waals surface area contributed by atoms with Crippen LogP contribution in [0.1, 0.15) is 25.7 Å². The van der Waals surface area contributed by atoms with Crippen molar-refractivity contribution < 1.29 is 123 Å². The first kappa shape index (κ1) is 17.2. The summed E-state index contributed by atoms with van der Waals surface area (Å²) in [6.07, 6.45) is 2.18. The molecule has 0 aromatic carbocycles. The molecule has 3 unspecified atom stereocenters. The maximum absolute atomic E-state index is 10.9. The van der Waals surface area contributed by atoms with Gasteiger partial charge in [-0.2, -0.15) is 0 Å². The molecule has 4 nitrogen and oxygen atoms in total. The second-order valence-electron chi connectivity index (χ2n) is 4.16. The largest absolute Gasteiger partial charge is 1.00 e. The number of carbonyl (C=O) groups is 2. The van der Waals surface area contributed by atoms with Crippen LogP contribution in [0, 0.1) is 17.3 Å². The van der Waals surface area contributed by atoms with Crippen LogP contribution in [0.2, 0.25) is 0 Å². The second kappa shape index (κ2) is 6.40. The second-order valence-corrected chi connectivity index (χ2v) is 4.16. The molecule has 2 aliphatic carbocycles. The number of hydrogen-bond acceptors (Lipinski definition) is 4. The van der Waals surface area contributed by atoms with Gasteiger partial charge in [-0.05, 0) is 31.6 Å². The van der Waals surface area contributed by atoms with E-state index in [9.17, 15) is 19.8 Å². The Hall–Kier alpha value is 2.21. The molecule has 0 amide bonds. The van der Waals surface area contributed by atoms with E-state index < -0.39 is 23.3 Å². The van der Waals surface area contributed by atoms with Crippen LogP contribution in [-0.4, -0.2) is 11.9 Å². The van der Waals surface area contributed by atoms with Gasteiger partial charge in [-0.25, -0.2) is 0 Å². The van der Waals surface area contributed by atoms with Gasteiger partial charge in [-0.1, -0.05) is 0 Å². The average molecular weight is 260 g/mol. The first-order chi connectivity index (χ1) is 6.06. The van der Waals surface area contributed by atoms with Crippen LogP contribution < -0.4 is 113 Å². The molecule has 0 radical (unpaired) electrons. The molecule has 2 fully saturated rings. The molecule has 72 valence electrons. The molecule has 0 saturated heterocycles. The SMILES string of the molecule is O=C([O-])C1CC2CCC1(C(=O)[O-])C2.[K+].[K+]. The minimum Gasteiger partial charge on any atom is -0.550 e. The molecule has 15 heavy (non-hydrogen) atoms. The molecule has 6 heteroatoms. The maximum atomic E-state index is 10.9. The van der Waals surface area contributed by atoms with E-state index >= 15 is 0 Å². The van der Waals surface area contributed by atoms with Gasteiger partial charge in [0, 0.05) is 23.3 Å². The summed E-state index contributed by atoms with van der Waals surface area (Å²) in [5.41, 5.74) is -1.11. The van der Waals surface area contributed by atoms with E-state index in [1.54, 1.807) is 0 Å². The Morgan fingerprint density at radius 1 is 1.20 bits per heavy atom. The molecule has 2 bridgehead atoms. The normalized spacial score (nSPS) is 36.5. The third-order valence-corrected chi connectivity index (χ3v) is 3.58. The van der Waals surface area contributed by atoms with Gasteiger partial charge in [0.05, 0.1) is 0 Å². The van der Waals surface area contributed by atoms with Crippen molar-refractivity contribution >= 4 is 11.9 Å². The van der Waals surface area contributed by atoms with Crippen molar-refractivity contribution in [3.63, 3.8) is 0 Å². The minimum atomic E-state index is -1.23. The molecule has 2 rings (SSSR count). The van der Waals surface area contributed by atoms with Gasteiger partial charge in [0.2, 0.25) is 0 Å². The van der Waals surface area contributed by atoms with Crippen LogP contribution >= 0.6 is 0 Å². The van der Waals surface area contributed by atoms with E-state index in [4.69, 9.17) is 0 Å². The van der Waals surface area contributed by atoms with Crippen molar-refractivity contribution in [3.8, 4) is 0 Å². The van der Waals surface area contributed by atoms with Gasteiger partial charge in [0.1, 0.15) is 0 Å². The van der Waals surface area contributed by atoms with E-state index in [1.165, 1.54) is 0 Å². The number of carboxylic acids is 2. The van der Waals surface area contributed by atoms with Crippen LogP contribution in [0.4, 0.5) is 0 Å². The molecular formula is C9H10K2O4. The summed E-state index contributed by atoms with van der Waals surface area (Å²) < 4.78 is 0. The number of carboxylic acid groups (broad SMARTS) is 2.